The number of imidazole rings is 1. The molecule has 2 aromatic rings. The monoisotopic (exact) mass is 217 g/mol. The van der Waals surface area contributed by atoms with Crippen molar-refractivity contribution in [1.29, 1.82) is 0 Å². The van der Waals surface area contributed by atoms with Crippen LogP contribution in [-0.4, -0.2) is 29.8 Å². The molecule has 1 aromatic heterocycles. The molecule has 84 valence electrons. The van der Waals surface area contributed by atoms with E-state index < -0.39 is 0 Å². The summed E-state index contributed by atoms with van der Waals surface area (Å²) in [5.41, 5.74) is 2.12. The van der Waals surface area contributed by atoms with Crippen LogP contribution in [-0.2, 0) is 0 Å². The highest BCUT2D eigenvalue weighted by Gasteiger charge is 2.19. The first-order chi connectivity index (χ1) is 7.90. The lowest BCUT2D eigenvalue weighted by atomic mass is 10.2. The number of nitrogens with one attached hydrogen (secondary N) is 1. The Labute approximate surface area is 94.2 Å². The fourth-order valence-electron chi connectivity index (χ4n) is 2.37. The molecule has 3 rings (SSSR count). The molecule has 1 aromatic carbocycles. The van der Waals surface area contributed by atoms with Gasteiger partial charge in [0.1, 0.15) is 11.3 Å². The number of ether oxygens (including phenoxy) is 1. The molecule has 2 heterocycles. The highest BCUT2D eigenvalue weighted by atomic mass is 16.5. The number of hydrogen-bond acceptors (Lipinski definition) is 3. The Balaban J connectivity index is 2.16. The number of methoxy groups -OCH3 is 1. The first-order valence-electron chi connectivity index (χ1n) is 5.60. The Morgan fingerprint density at radius 1 is 1.50 bits per heavy atom. The molecule has 1 aliphatic heterocycles. The molecule has 0 radical (unpaired) electrons. The minimum atomic E-state index is 0.501. The lowest BCUT2D eigenvalue weighted by Gasteiger charge is -2.13. The molecule has 4 nitrogen and oxygen atoms in total. The Morgan fingerprint density at radius 3 is 3.19 bits per heavy atom. The van der Waals surface area contributed by atoms with Gasteiger partial charge < -0.3 is 14.6 Å². The van der Waals surface area contributed by atoms with Crippen LogP contribution in [0, 0.1) is 0 Å². The van der Waals surface area contributed by atoms with Crippen LogP contribution in [0.4, 0.5) is 0 Å². The van der Waals surface area contributed by atoms with E-state index in [0.29, 0.717) is 6.04 Å². The summed E-state index contributed by atoms with van der Waals surface area (Å²) in [6.07, 6.45) is 3.08. The maximum Gasteiger partial charge on any atom is 0.144 e. The van der Waals surface area contributed by atoms with E-state index in [1.165, 1.54) is 0 Å². The second-order valence-corrected chi connectivity index (χ2v) is 4.13. The van der Waals surface area contributed by atoms with Gasteiger partial charge in [-0.15, -0.1) is 0 Å². The Hall–Kier alpha value is -1.55. The fourth-order valence-corrected chi connectivity index (χ4v) is 2.37. The lowest BCUT2D eigenvalue weighted by molar-refractivity contribution is 0.415. The average molecular weight is 217 g/mol. The van der Waals surface area contributed by atoms with Crippen molar-refractivity contribution >= 4 is 11.0 Å². The Morgan fingerprint density at radius 2 is 2.44 bits per heavy atom. The smallest absolute Gasteiger partial charge is 0.144 e. The van der Waals surface area contributed by atoms with E-state index in [2.05, 4.69) is 14.9 Å². The third-order valence-corrected chi connectivity index (χ3v) is 3.20. The van der Waals surface area contributed by atoms with Crippen molar-refractivity contribution in [2.45, 2.75) is 12.5 Å². The summed E-state index contributed by atoms with van der Waals surface area (Å²) in [6.45, 7) is 2.10. The molecule has 1 aliphatic rings. The van der Waals surface area contributed by atoms with Crippen molar-refractivity contribution in [3.8, 4) is 5.75 Å². The maximum atomic E-state index is 5.40. The van der Waals surface area contributed by atoms with Crippen molar-refractivity contribution in [2.24, 2.45) is 0 Å². The van der Waals surface area contributed by atoms with Gasteiger partial charge in [-0.05, 0) is 25.1 Å². The van der Waals surface area contributed by atoms with Gasteiger partial charge >= 0.3 is 0 Å². The van der Waals surface area contributed by atoms with E-state index >= 15 is 0 Å². The molecule has 0 saturated carbocycles. The number of rotatable bonds is 2. The first-order valence-corrected chi connectivity index (χ1v) is 5.60. The van der Waals surface area contributed by atoms with Crippen LogP contribution in [0.1, 0.15) is 12.5 Å². The SMILES string of the molecule is COc1cccc2ncn(C3CCNC3)c12. The van der Waals surface area contributed by atoms with Gasteiger partial charge in [0.05, 0.1) is 19.0 Å². The number of fused-ring (bicyclic) bond motifs is 1. The van der Waals surface area contributed by atoms with E-state index in [1.807, 2.05) is 24.5 Å². The zero-order valence-corrected chi connectivity index (χ0v) is 9.31. The highest BCUT2D eigenvalue weighted by molar-refractivity contribution is 5.82. The van der Waals surface area contributed by atoms with Crippen molar-refractivity contribution in [2.75, 3.05) is 20.2 Å². The molecule has 1 N–H and O–H groups in total. The molecule has 4 heteroatoms. The summed E-state index contributed by atoms with van der Waals surface area (Å²) in [5.74, 6) is 0.905. The van der Waals surface area contributed by atoms with Crippen LogP contribution in [0.15, 0.2) is 24.5 Å². The quantitative estimate of drug-likeness (QED) is 0.830. The third-order valence-electron chi connectivity index (χ3n) is 3.20. The molecule has 0 amide bonds. The molecule has 1 saturated heterocycles. The predicted octanol–water partition coefficient (Wildman–Crippen LogP) is 1.58. The number of aromatic nitrogens is 2. The largest absolute Gasteiger partial charge is 0.494 e. The van der Waals surface area contributed by atoms with Crippen LogP contribution in [0.25, 0.3) is 11.0 Å². The van der Waals surface area contributed by atoms with Crippen molar-refractivity contribution in [1.82, 2.24) is 14.9 Å². The number of hydrogen-bond donors (Lipinski definition) is 1. The average Bonchev–Trinajstić information content (AvgIpc) is 2.96. The molecule has 1 atom stereocenters. The normalized spacial score (nSPS) is 20.4. The topological polar surface area (TPSA) is 39.1 Å². The summed E-state index contributed by atoms with van der Waals surface area (Å²) in [5, 5.41) is 3.37. The van der Waals surface area contributed by atoms with Crippen LogP contribution in [0.3, 0.4) is 0 Å². The van der Waals surface area contributed by atoms with E-state index in [9.17, 15) is 0 Å². The zero-order chi connectivity index (χ0) is 11.0. The second-order valence-electron chi connectivity index (χ2n) is 4.13. The van der Waals surface area contributed by atoms with Gasteiger partial charge in [0.2, 0.25) is 0 Å². The number of benzene rings is 1. The standard InChI is InChI=1S/C12H15N3O/c1-16-11-4-2-3-10-12(11)15(8-14-10)9-5-6-13-7-9/h2-4,8-9,13H,5-7H2,1H3. The minimum Gasteiger partial charge on any atom is -0.494 e. The van der Waals surface area contributed by atoms with Gasteiger partial charge in [0.15, 0.2) is 0 Å². The summed E-state index contributed by atoms with van der Waals surface area (Å²) in [4.78, 5) is 4.43. The molecule has 1 unspecified atom stereocenters. The van der Waals surface area contributed by atoms with E-state index in [0.717, 1.165) is 36.3 Å². The van der Waals surface area contributed by atoms with Gasteiger partial charge in [-0.2, -0.15) is 0 Å². The second kappa shape index (κ2) is 3.79. The van der Waals surface area contributed by atoms with Gasteiger partial charge in [0.25, 0.3) is 0 Å². The van der Waals surface area contributed by atoms with E-state index in [1.54, 1.807) is 7.11 Å². The molecule has 0 bridgehead atoms. The van der Waals surface area contributed by atoms with Crippen molar-refractivity contribution in [3.63, 3.8) is 0 Å². The zero-order valence-electron chi connectivity index (χ0n) is 9.31. The molecular weight excluding hydrogens is 202 g/mol. The molecule has 16 heavy (non-hydrogen) atoms. The Bertz CT molecular complexity index is 500. The lowest BCUT2D eigenvalue weighted by Crippen LogP contribution is -2.12. The number of nitrogens with zero attached hydrogens (tertiary/aromatic N) is 2. The van der Waals surface area contributed by atoms with E-state index in [4.69, 9.17) is 4.74 Å². The first kappa shape index (κ1) is 9.66. The van der Waals surface area contributed by atoms with Gasteiger partial charge in [-0.1, -0.05) is 6.07 Å². The minimum absolute atomic E-state index is 0.501. The summed E-state index contributed by atoms with van der Waals surface area (Å²) >= 11 is 0. The van der Waals surface area contributed by atoms with Gasteiger partial charge in [-0.3, -0.25) is 0 Å². The van der Waals surface area contributed by atoms with Gasteiger partial charge in [-0.25, -0.2) is 4.98 Å². The maximum absolute atomic E-state index is 5.40. The van der Waals surface area contributed by atoms with Gasteiger partial charge in [0, 0.05) is 12.6 Å². The molecular formula is C12H15N3O. The van der Waals surface area contributed by atoms with Crippen molar-refractivity contribution < 1.29 is 4.74 Å². The Kier molecular flexibility index (Phi) is 2.29. The fraction of sp³-hybridized carbons (Fsp3) is 0.417. The third kappa shape index (κ3) is 1.38. The molecule has 0 aliphatic carbocycles. The van der Waals surface area contributed by atoms with Crippen molar-refractivity contribution in [3.05, 3.63) is 24.5 Å². The van der Waals surface area contributed by atoms with Crippen LogP contribution < -0.4 is 10.1 Å². The van der Waals surface area contributed by atoms with Crippen LogP contribution in [0.2, 0.25) is 0 Å². The van der Waals surface area contributed by atoms with E-state index in [-0.39, 0.29) is 0 Å². The predicted molar refractivity (Wildman–Crippen MR) is 62.8 cm³/mol. The summed E-state index contributed by atoms with van der Waals surface area (Å²) in [7, 11) is 1.71. The molecule has 0 spiro atoms. The highest BCUT2D eigenvalue weighted by Crippen LogP contribution is 2.28. The summed E-state index contributed by atoms with van der Waals surface area (Å²) in [6, 6.07) is 6.49. The van der Waals surface area contributed by atoms with Crippen LogP contribution >= 0.6 is 0 Å². The molecule has 1 fully saturated rings. The summed E-state index contributed by atoms with van der Waals surface area (Å²) < 4.78 is 7.64. The number of para-hydroxylation sites is 1. The van der Waals surface area contributed by atoms with Crippen LogP contribution in [0.5, 0.6) is 5.75 Å².